The molecule has 0 bridgehead atoms. The zero-order valence-corrected chi connectivity index (χ0v) is 30.1. The predicted octanol–water partition coefficient (Wildman–Crippen LogP) is 8.40. The predicted molar refractivity (Wildman–Crippen MR) is 179 cm³/mol. The molecule has 1 aromatic carbocycles. The van der Waals surface area contributed by atoms with Gasteiger partial charge >= 0.3 is 5.97 Å². The number of hydrogen-bond donors (Lipinski definition) is 1. The molecule has 0 fully saturated rings. The highest BCUT2D eigenvalue weighted by Crippen LogP contribution is 2.42. The first-order chi connectivity index (χ1) is 19.0. The van der Waals surface area contributed by atoms with Crippen molar-refractivity contribution in [2.45, 2.75) is 102 Å². The van der Waals surface area contributed by atoms with E-state index in [1.165, 1.54) is 29.6 Å². The Hall–Kier alpha value is -1.61. The lowest BCUT2D eigenvalue weighted by molar-refractivity contribution is -0.387. The van der Waals surface area contributed by atoms with Crippen LogP contribution in [0.25, 0.3) is 0 Å². The molecule has 0 saturated heterocycles. The van der Waals surface area contributed by atoms with Crippen molar-refractivity contribution in [3.63, 3.8) is 0 Å². The second-order valence-electron chi connectivity index (χ2n) is 13.1. The largest absolute Gasteiger partial charge is 0.463 e. The molecule has 0 saturated carbocycles. The number of nitrogens with zero attached hydrogens (tertiary/aromatic N) is 2. The normalized spacial score (nSPS) is 16.3. The number of allylic oxidation sites excluding steroid dienone is 1. The third-order valence-corrected chi connectivity index (χ3v) is 15.6. The number of ether oxygens (including phenoxy) is 1. The van der Waals surface area contributed by atoms with Crippen LogP contribution in [0.15, 0.2) is 39.4 Å². The van der Waals surface area contributed by atoms with Crippen molar-refractivity contribution in [2.75, 3.05) is 25.2 Å². The van der Waals surface area contributed by atoms with Crippen LogP contribution in [0.2, 0.25) is 43.8 Å². The molecule has 1 aromatic rings. The third-order valence-electron chi connectivity index (χ3n) is 7.54. The van der Waals surface area contributed by atoms with Crippen molar-refractivity contribution in [2.24, 2.45) is 4.99 Å². The molecule has 1 unspecified atom stereocenters. The van der Waals surface area contributed by atoms with E-state index in [0.29, 0.717) is 33.5 Å². The number of nitro benzene ring substituents is 1. The maximum atomic E-state index is 13.4. The number of unbranched alkanes of at least 4 members (excludes halogenated alkanes) is 2. The van der Waals surface area contributed by atoms with Gasteiger partial charge in [-0.2, -0.15) is 0 Å². The summed E-state index contributed by atoms with van der Waals surface area (Å²) in [4.78, 5) is 30.5. The molecule has 1 aliphatic rings. The fraction of sp³-hybridized carbons (Fsp3) is 0.655. The van der Waals surface area contributed by atoms with Crippen molar-refractivity contribution in [1.29, 1.82) is 0 Å². The van der Waals surface area contributed by atoms with Gasteiger partial charge in [-0.1, -0.05) is 70.7 Å². The molecule has 0 spiro atoms. The number of esters is 1. The molecule has 8 nitrogen and oxygen atoms in total. The Kier molecular flexibility index (Phi) is 13.2. The average Bonchev–Trinajstić information content (AvgIpc) is 2.85. The number of carbonyl (C=O) groups excluding carboxylic acids is 1. The molecule has 1 aliphatic heterocycles. The van der Waals surface area contributed by atoms with Crippen LogP contribution >= 0.6 is 23.5 Å². The summed E-state index contributed by atoms with van der Waals surface area (Å²) in [5.74, 6) is 0.298. The van der Waals surface area contributed by atoms with Gasteiger partial charge in [0, 0.05) is 32.0 Å². The molecule has 0 amide bonds. The Balaban J connectivity index is 2.23. The Labute approximate surface area is 257 Å². The quantitative estimate of drug-likeness (QED) is 0.0541. The molecule has 0 aliphatic carbocycles. The van der Waals surface area contributed by atoms with Gasteiger partial charge in [-0.3, -0.25) is 10.1 Å². The number of aliphatic imine (C=N–C) groups is 1. The van der Waals surface area contributed by atoms with Gasteiger partial charge in [0.1, 0.15) is 6.04 Å². The Morgan fingerprint density at radius 1 is 1.12 bits per heavy atom. The molecular formula is C29H49N3O5S2Si2. The van der Waals surface area contributed by atoms with E-state index < -0.39 is 28.4 Å². The molecule has 41 heavy (non-hydrogen) atoms. The first kappa shape index (κ1) is 35.6. The number of thioether (sulfide) groups is 2. The second kappa shape index (κ2) is 15.2. The molecule has 1 N–H and O–H groups in total. The Morgan fingerprint density at radius 2 is 1.80 bits per heavy atom. The van der Waals surface area contributed by atoms with Crippen molar-refractivity contribution >= 4 is 56.7 Å². The zero-order chi connectivity index (χ0) is 31.0. The van der Waals surface area contributed by atoms with Gasteiger partial charge in [0.05, 0.1) is 22.0 Å². The minimum absolute atomic E-state index is 0.0392. The summed E-state index contributed by atoms with van der Waals surface area (Å²) < 4.78 is 12.0. The summed E-state index contributed by atoms with van der Waals surface area (Å²) in [6.07, 6.45) is 4.75. The van der Waals surface area contributed by atoms with Gasteiger partial charge in [-0.25, -0.2) is 9.79 Å². The van der Waals surface area contributed by atoms with E-state index in [9.17, 15) is 14.9 Å². The van der Waals surface area contributed by atoms with Crippen molar-refractivity contribution < 1.29 is 18.9 Å². The minimum Gasteiger partial charge on any atom is -0.463 e. The molecular weight excluding hydrogens is 591 g/mol. The average molecular weight is 640 g/mol. The van der Waals surface area contributed by atoms with Crippen LogP contribution in [-0.4, -0.2) is 57.7 Å². The van der Waals surface area contributed by atoms with Gasteiger partial charge in [-0.15, -0.1) is 11.8 Å². The number of rotatable bonds is 14. The van der Waals surface area contributed by atoms with E-state index in [2.05, 4.69) is 58.8 Å². The van der Waals surface area contributed by atoms with Crippen LogP contribution in [0.4, 0.5) is 5.69 Å². The summed E-state index contributed by atoms with van der Waals surface area (Å²) in [5.41, 5.74) is 1.77. The van der Waals surface area contributed by atoms with E-state index in [0.717, 1.165) is 37.7 Å². The summed E-state index contributed by atoms with van der Waals surface area (Å²) >= 11 is 2.91. The van der Waals surface area contributed by atoms with Crippen LogP contribution in [0, 0.1) is 10.1 Å². The molecule has 0 aromatic heterocycles. The summed E-state index contributed by atoms with van der Waals surface area (Å²) in [7, 11) is -3.15. The SMILES string of the molecule is CSC1=NC(c2cccc([N+](=O)[O-])c2SCCCCCO[Si](C)(C)C(C)(C)C)C(C(=O)OCC[Si](C)(C)C)=C(C)N1. The fourth-order valence-electron chi connectivity index (χ4n) is 3.93. The standard InChI is InChI=1S/C29H49N3O5S2Si2/c1-21-24(27(33)36-18-20-40(6,7)8)25(31-28(30-21)38-5)22-15-14-16-23(32(34)35)26(22)39-19-13-11-12-17-37-41(9,10)29(2,3)4/h14-16,25H,11-13,17-20H2,1-10H3,(H,30,31). The van der Waals surface area contributed by atoms with E-state index in [4.69, 9.17) is 14.2 Å². The van der Waals surface area contributed by atoms with Crippen molar-refractivity contribution in [1.82, 2.24) is 5.32 Å². The molecule has 12 heteroatoms. The lowest BCUT2D eigenvalue weighted by Gasteiger charge is -2.36. The lowest BCUT2D eigenvalue weighted by Crippen LogP contribution is -2.40. The van der Waals surface area contributed by atoms with Crippen LogP contribution in [0.1, 0.15) is 58.6 Å². The van der Waals surface area contributed by atoms with Gasteiger partial charge in [-0.05, 0) is 56.0 Å². The second-order valence-corrected chi connectivity index (χ2v) is 25.5. The van der Waals surface area contributed by atoms with Crippen LogP contribution in [0.3, 0.4) is 0 Å². The third kappa shape index (κ3) is 10.6. The summed E-state index contributed by atoms with van der Waals surface area (Å²) in [6, 6.07) is 5.24. The molecule has 1 heterocycles. The Bertz CT molecular complexity index is 1140. The van der Waals surface area contributed by atoms with Gasteiger partial charge in [0.25, 0.3) is 5.69 Å². The van der Waals surface area contributed by atoms with Crippen LogP contribution in [-0.2, 0) is 14.0 Å². The minimum atomic E-state index is -1.76. The molecule has 1 atom stereocenters. The maximum absolute atomic E-state index is 13.4. The molecule has 230 valence electrons. The number of nitro groups is 1. The van der Waals surface area contributed by atoms with Gasteiger partial charge < -0.3 is 14.5 Å². The highest BCUT2D eigenvalue weighted by molar-refractivity contribution is 8.13. The number of nitrogens with one attached hydrogen (secondary N) is 1. The fourth-order valence-corrected chi connectivity index (χ4v) is 7.38. The number of benzene rings is 1. The summed E-state index contributed by atoms with van der Waals surface area (Å²) in [6.45, 7) is 20.9. The van der Waals surface area contributed by atoms with Crippen molar-refractivity contribution in [3.05, 3.63) is 45.1 Å². The van der Waals surface area contributed by atoms with E-state index in [1.54, 1.807) is 6.07 Å². The Morgan fingerprint density at radius 3 is 2.39 bits per heavy atom. The number of carbonyl (C=O) groups is 1. The van der Waals surface area contributed by atoms with Crippen LogP contribution in [0.5, 0.6) is 0 Å². The first-order valence-electron chi connectivity index (χ1n) is 14.3. The van der Waals surface area contributed by atoms with Crippen LogP contribution < -0.4 is 5.32 Å². The monoisotopic (exact) mass is 639 g/mol. The van der Waals surface area contributed by atoms with Gasteiger partial charge in [0.2, 0.25) is 0 Å². The summed E-state index contributed by atoms with van der Waals surface area (Å²) in [5, 5.41) is 16.1. The number of amidine groups is 1. The van der Waals surface area contributed by atoms with Gasteiger partial charge in [0.15, 0.2) is 13.5 Å². The maximum Gasteiger partial charge on any atom is 0.338 e. The zero-order valence-electron chi connectivity index (χ0n) is 26.5. The van der Waals surface area contributed by atoms with Crippen molar-refractivity contribution in [3.8, 4) is 0 Å². The lowest BCUT2D eigenvalue weighted by atomic mass is 9.96. The molecule has 2 rings (SSSR count). The molecule has 0 radical (unpaired) electrons. The highest BCUT2D eigenvalue weighted by Gasteiger charge is 2.37. The van der Waals surface area contributed by atoms with E-state index in [1.807, 2.05) is 19.2 Å². The van der Waals surface area contributed by atoms with E-state index >= 15 is 0 Å². The topological polar surface area (TPSA) is 103 Å². The smallest absolute Gasteiger partial charge is 0.338 e. The highest BCUT2D eigenvalue weighted by atomic mass is 32.2. The van der Waals surface area contributed by atoms with E-state index in [-0.39, 0.29) is 15.6 Å². The first-order valence-corrected chi connectivity index (χ1v) is 23.1. The number of hydrogen-bond acceptors (Lipinski definition) is 9.